The third-order valence-corrected chi connectivity index (χ3v) is 1.46. The lowest BCUT2D eigenvalue weighted by Crippen LogP contribution is -1.75. The largest absolute Gasteiger partial charge is 0.103 e. The molecule has 0 aromatic rings. The van der Waals surface area contributed by atoms with Crippen molar-refractivity contribution in [2.75, 3.05) is 0 Å². The molecule has 0 amide bonds. The minimum absolute atomic E-state index is 1.04. The van der Waals surface area contributed by atoms with E-state index in [1.807, 2.05) is 0 Å². The van der Waals surface area contributed by atoms with E-state index in [-0.39, 0.29) is 0 Å². The van der Waals surface area contributed by atoms with Gasteiger partial charge in [-0.25, -0.2) is 0 Å². The summed E-state index contributed by atoms with van der Waals surface area (Å²) in [6.07, 6.45) is 6.45. The molecule has 0 saturated heterocycles. The summed E-state index contributed by atoms with van der Waals surface area (Å²) in [5.41, 5.74) is 0. The Hall–Kier alpha value is -0.880. The number of hydrogen-bond acceptors (Lipinski definition) is 0. The number of rotatable bonds is 0. The molecule has 10 heavy (non-hydrogen) atoms. The lowest BCUT2D eigenvalue weighted by atomic mass is 10.2. The molecule has 0 fully saturated rings. The summed E-state index contributed by atoms with van der Waals surface area (Å²) in [6.45, 7) is 0. The molecule has 0 aromatic heterocycles. The maximum absolute atomic E-state index is 3.14. The lowest BCUT2D eigenvalue weighted by Gasteiger charge is -1.89. The van der Waals surface area contributed by atoms with Crippen LogP contribution in [-0.2, 0) is 0 Å². The van der Waals surface area contributed by atoms with Crippen molar-refractivity contribution >= 4 is 0 Å². The molecule has 52 valence electrons. The minimum atomic E-state index is 1.04. The quantitative estimate of drug-likeness (QED) is 0.444. The van der Waals surface area contributed by atoms with Gasteiger partial charge in [0, 0.05) is 25.7 Å². The zero-order chi connectivity index (χ0) is 7.07. The monoisotopic (exact) mass is 132 g/mol. The van der Waals surface area contributed by atoms with E-state index in [2.05, 4.69) is 23.7 Å². The van der Waals surface area contributed by atoms with Crippen molar-refractivity contribution in [1.29, 1.82) is 0 Å². The van der Waals surface area contributed by atoms with Crippen LogP contribution in [0.15, 0.2) is 0 Å². The van der Waals surface area contributed by atoms with Crippen LogP contribution in [0.2, 0.25) is 0 Å². The van der Waals surface area contributed by atoms with Gasteiger partial charge in [0.2, 0.25) is 0 Å². The van der Waals surface area contributed by atoms with E-state index in [1.54, 1.807) is 0 Å². The van der Waals surface area contributed by atoms with Crippen molar-refractivity contribution in [3.05, 3.63) is 0 Å². The molecule has 1 rings (SSSR count). The first-order chi connectivity index (χ1) is 5.00. The van der Waals surface area contributed by atoms with Gasteiger partial charge in [-0.1, -0.05) is 0 Å². The van der Waals surface area contributed by atoms with Crippen LogP contribution in [0.4, 0.5) is 0 Å². The molecular weight excluding hydrogens is 120 g/mol. The Bertz CT molecular complexity index is 152. The van der Waals surface area contributed by atoms with Crippen LogP contribution in [0, 0.1) is 23.7 Å². The Labute approximate surface area is 63.0 Å². The van der Waals surface area contributed by atoms with Gasteiger partial charge in [-0.2, -0.15) is 0 Å². The second-order valence-corrected chi connectivity index (χ2v) is 2.41. The van der Waals surface area contributed by atoms with E-state index in [9.17, 15) is 0 Å². The number of hydrogen-bond donors (Lipinski definition) is 0. The van der Waals surface area contributed by atoms with Gasteiger partial charge >= 0.3 is 0 Å². The average Bonchev–Trinajstić information content (AvgIpc) is 2.01. The van der Waals surface area contributed by atoms with Gasteiger partial charge in [0.15, 0.2) is 0 Å². The molecular formula is C10H12. The standard InChI is InChI=1S/C10H12/c1-2-4-6-8-10-9-7-5-3-1/h1-3,8-10H2. The van der Waals surface area contributed by atoms with Crippen molar-refractivity contribution in [2.45, 2.75) is 38.5 Å². The van der Waals surface area contributed by atoms with Crippen molar-refractivity contribution in [3.63, 3.8) is 0 Å². The Morgan fingerprint density at radius 2 is 0.800 bits per heavy atom. The van der Waals surface area contributed by atoms with Gasteiger partial charge in [-0.3, -0.25) is 0 Å². The maximum atomic E-state index is 3.14. The molecule has 0 nitrogen and oxygen atoms in total. The summed E-state index contributed by atoms with van der Waals surface area (Å²) in [5.74, 6) is 12.5. The van der Waals surface area contributed by atoms with E-state index in [1.165, 1.54) is 0 Å². The van der Waals surface area contributed by atoms with Crippen molar-refractivity contribution in [2.24, 2.45) is 0 Å². The third-order valence-electron chi connectivity index (χ3n) is 1.46. The van der Waals surface area contributed by atoms with Gasteiger partial charge in [0.1, 0.15) is 0 Å². The topological polar surface area (TPSA) is 0 Å². The normalized spacial score (nSPS) is 17.6. The van der Waals surface area contributed by atoms with Crippen LogP contribution in [0.1, 0.15) is 38.5 Å². The highest BCUT2D eigenvalue weighted by Crippen LogP contribution is 1.97. The lowest BCUT2D eigenvalue weighted by molar-refractivity contribution is 0.870. The molecule has 0 N–H and O–H groups in total. The summed E-state index contributed by atoms with van der Waals surface area (Å²) in [5, 5.41) is 0. The predicted molar refractivity (Wildman–Crippen MR) is 43.3 cm³/mol. The van der Waals surface area contributed by atoms with E-state index in [0.717, 1.165) is 38.5 Å². The fourth-order valence-corrected chi connectivity index (χ4v) is 0.884. The van der Waals surface area contributed by atoms with Crippen LogP contribution in [0.25, 0.3) is 0 Å². The maximum Gasteiger partial charge on any atom is 0.00977 e. The average molecular weight is 132 g/mol. The second-order valence-electron chi connectivity index (χ2n) is 2.41. The SMILES string of the molecule is C1#CCCCC#CCCC1. The highest BCUT2D eigenvalue weighted by Gasteiger charge is 1.83. The Morgan fingerprint density at radius 1 is 0.500 bits per heavy atom. The Morgan fingerprint density at radius 3 is 1.10 bits per heavy atom. The zero-order valence-electron chi connectivity index (χ0n) is 6.24. The molecule has 0 aliphatic heterocycles. The molecule has 0 heteroatoms. The van der Waals surface area contributed by atoms with Crippen LogP contribution in [0.3, 0.4) is 0 Å². The van der Waals surface area contributed by atoms with Gasteiger partial charge in [-0.15, -0.1) is 23.7 Å². The first-order valence-electron chi connectivity index (χ1n) is 3.91. The van der Waals surface area contributed by atoms with E-state index >= 15 is 0 Å². The summed E-state index contributed by atoms with van der Waals surface area (Å²) < 4.78 is 0. The first-order valence-corrected chi connectivity index (χ1v) is 3.91. The molecule has 0 atom stereocenters. The van der Waals surface area contributed by atoms with Crippen LogP contribution in [0.5, 0.6) is 0 Å². The molecule has 1 aliphatic rings. The van der Waals surface area contributed by atoms with E-state index in [4.69, 9.17) is 0 Å². The van der Waals surface area contributed by atoms with Crippen molar-refractivity contribution in [3.8, 4) is 23.7 Å². The summed E-state index contributed by atoms with van der Waals surface area (Å²) in [6, 6.07) is 0. The molecule has 0 unspecified atom stereocenters. The molecule has 0 spiro atoms. The Balaban J connectivity index is 2.31. The summed E-state index contributed by atoms with van der Waals surface area (Å²) in [4.78, 5) is 0. The minimum Gasteiger partial charge on any atom is -0.103 e. The molecule has 0 radical (unpaired) electrons. The molecule has 0 aromatic carbocycles. The predicted octanol–water partition coefficient (Wildman–Crippen LogP) is 2.35. The Kier molecular flexibility index (Phi) is 3.58. The van der Waals surface area contributed by atoms with Gasteiger partial charge in [-0.05, 0) is 12.8 Å². The zero-order valence-corrected chi connectivity index (χ0v) is 6.24. The van der Waals surface area contributed by atoms with E-state index < -0.39 is 0 Å². The molecule has 0 saturated carbocycles. The van der Waals surface area contributed by atoms with Crippen molar-refractivity contribution in [1.82, 2.24) is 0 Å². The van der Waals surface area contributed by atoms with Gasteiger partial charge < -0.3 is 0 Å². The highest BCUT2D eigenvalue weighted by molar-refractivity contribution is 5.04. The summed E-state index contributed by atoms with van der Waals surface area (Å²) >= 11 is 0. The van der Waals surface area contributed by atoms with Crippen LogP contribution < -0.4 is 0 Å². The molecule has 0 bridgehead atoms. The van der Waals surface area contributed by atoms with Crippen molar-refractivity contribution < 1.29 is 0 Å². The van der Waals surface area contributed by atoms with Gasteiger partial charge in [0.25, 0.3) is 0 Å². The summed E-state index contributed by atoms with van der Waals surface area (Å²) in [7, 11) is 0. The smallest absolute Gasteiger partial charge is 0.00977 e. The molecule has 1 aliphatic carbocycles. The second kappa shape index (κ2) is 4.95. The van der Waals surface area contributed by atoms with Gasteiger partial charge in [0.05, 0.1) is 0 Å². The van der Waals surface area contributed by atoms with Crippen LogP contribution >= 0.6 is 0 Å². The fourth-order valence-electron chi connectivity index (χ4n) is 0.884. The first kappa shape index (κ1) is 7.23. The van der Waals surface area contributed by atoms with E-state index in [0.29, 0.717) is 0 Å². The fraction of sp³-hybridized carbons (Fsp3) is 0.600. The van der Waals surface area contributed by atoms with Crippen LogP contribution in [-0.4, -0.2) is 0 Å². The highest BCUT2D eigenvalue weighted by atomic mass is 13.9. The third kappa shape index (κ3) is 3.21. The molecule has 0 heterocycles.